The molecule has 6 nitrogen and oxygen atoms in total. The van der Waals surface area contributed by atoms with Crippen molar-refractivity contribution in [1.82, 2.24) is 10.6 Å². The fourth-order valence-corrected chi connectivity index (χ4v) is 5.19. The first kappa shape index (κ1) is 27.3. The van der Waals surface area contributed by atoms with E-state index in [9.17, 15) is 14.7 Å². The molecule has 38 heavy (non-hydrogen) atoms. The van der Waals surface area contributed by atoms with Gasteiger partial charge in [-0.25, -0.2) is 4.79 Å². The quantitative estimate of drug-likeness (QED) is 0.213. The second-order valence-corrected chi connectivity index (χ2v) is 10.2. The number of carbonyl (C=O) groups is 2. The maximum Gasteiger partial charge on any atom is 0.326 e. The Morgan fingerprint density at radius 2 is 1.68 bits per heavy atom. The number of aryl methyl sites for hydroxylation is 1. The molecule has 0 aliphatic carbocycles. The number of hydrogen-bond acceptors (Lipinski definition) is 5. The van der Waals surface area contributed by atoms with Gasteiger partial charge in [-0.3, -0.25) is 4.79 Å². The number of benzene rings is 3. The first-order valence-electron chi connectivity index (χ1n) is 12.6. The monoisotopic (exact) mass is 528 g/mol. The first-order valence-corrected chi connectivity index (χ1v) is 13.4. The standard InChI is InChI=1S/C31H32N2O4S/c1-21-8-6-7-11-25(21)27-18-22(12-14-26(27)30(34)33-28(31(35)36)16-17-32-2)19-37-20-24-13-15-29(38-24)23-9-4-3-5-10-23/h3-15,18,28,32H,16-17,19-20H2,1-2H3,(H,33,34)(H,35,36). The summed E-state index contributed by atoms with van der Waals surface area (Å²) in [5.41, 5.74) is 5.26. The number of amides is 1. The van der Waals surface area contributed by atoms with Gasteiger partial charge in [0.05, 0.1) is 13.2 Å². The molecule has 1 heterocycles. The van der Waals surface area contributed by atoms with E-state index in [0.717, 1.165) is 27.1 Å². The summed E-state index contributed by atoms with van der Waals surface area (Å²) in [5, 5.41) is 15.2. The summed E-state index contributed by atoms with van der Waals surface area (Å²) in [6.07, 6.45) is 0.290. The molecule has 0 saturated carbocycles. The van der Waals surface area contributed by atoms with Crippen molar-refractivity contribution in [2.75, 3.05) is 13.6 Å². The van der Waals surface area contributed by atoms with E-state index in [4.69, 9.17) is 4.74 Å². The van der Waals surface area contributed by atoms with Crippen LogP contribution in [0.15, 0.2) is 84.9 Å². The van der Waals surface area contributed by atoms with Crippen LogP contribution in [0.25, 0.3) is 21.6 Å². The minimum absolute atomic E-state index is 0.290. The third-order valence-electron chi connectivity index (χ3n) is 6.28. The molecule has 1 aromatic heterocycles. The lowest BCUT2D eigenvalue weighted by molar-refractivity contribution is -0.139. The molecule has 1 amide bonds. The predicted molar refractivity (Wildman–Crippen MR) is 152 cm³/mol. The van der Waals surface area contributed by atoms with Gasteiger partial charge in [-0.2, -0.15) is 0 Å². The van der Waals surface area contributed by atoms with Crippen molar-refractivity contribution in [3.8, 4) is 21.6 Å². The van der Waals surface area contributed by atoms with Crippen molar-refractivity contribution < 1.29 is 19.4 Å². The molecular weight excluding hydrogens is 496 g/mol. The maximum absolute atomic E-state index is 13.2. The average molecular weight is 529 g/mol. The normalized spacial score (nSPS) is 11.7. The van der Waals surface area contributed by atoms with Crippen LogP contribution in [0.3, 0.4) is 0 Å². The van der Waals surface area contributed by atoms with E-state index < -0.39 is 17.9 Å². The summed E-state index contributed by atoms with van der Waals surface area (Å²) < 4.78 is 6.04. The van der Waals surface area contributed by atoms with Gasteiger partial charge in [-0.1, -0.05) is 60.7 Å². The Hall–Kier alpha value is -3.78. The Labute approximate surface area is 227 Å². The molecule has 0 aliphatic heterocycles. The van der Waals surface area contributed by atoms with Crippen LogP contribution in [0.1, 0.15) is 32.8 Å². The van der Waals surface area contributed by atoms with Gasteiger partial charge in [0, 0.05) is 15.3 Å². The summed E-state index contributed by atoms with van der Waals surface area (Å²) in [5.74, 6) is -1.47. The highest BCUT2D eigenvalue weighted by molar-refractivity contribution is 7.15. The summed E-state index contributed by atoms with van der Waals surface area (Å²) in [6.45, 7) is 3.36. The highest BCUT2D eigenvalue weighted by Crippen LogP contribution is 2.30. The maximum atomic E-state index is 13.2. The average Bonchev–Trinajstić information content (AvgIpc) is 3.40. The van der Waals surface area contributed by atoms with Gasteiger partial charge in [-0.15, -0.1) is 11.3 Å². The van der Waals surface area contributed by atoms with Crippen LogP contribution >= 0.6 is 11.3 Å². The van der Waals surface area contributed by atoms with Crippen LogP contribution in [0, 0.1) is 6.92 Å². The second-order valence-electron chi connectivity index (χ2n) is 9.08. The molecule has 1 unspecified atom stereocenters. The summed E-state index contributed by atoms with van der Waals surface area (Å²) in [4.78, 5) is 27.3. The van der Waals surface area contributed by atoms with E-state index in [-0.39, 0.29) is 6.42 Å². The lowest BCUT2D eigenvalue weighted by Crippen LogP contribution is -2.42. The fraction of sp³-hybridized carbons (Fsp3) is 0.226. The molecule has 1 atom stereocenters. The molecule has 196 valence electrons. The van der Waals surface area contributed by atoms with E-state index in [1.54, 1.807) is 24.5 Å². The van der Waals surface area contributed by atoms with Crippen LogP contribution in [0.5, 0.6) is 0 Å². The number of aliphatic carboxylic acids is 1. The zero-order valence-corrected chi connectivity index (χ0v) is 22.4. The first-order chi connectivity index (χ1) is 18.5. The van der Waals surface area contributed by atoms with Gasteiger partial charge < -0.3 is 20.5 Å². The minimum Gasteiger partial charge on any atom is -0.480 e. The zero-order valence-electron chi connectivity index (χ0n) is 21.6. The number of nitrogens with one attached hydrogen (secondary N) is 2. The Bertz CT molecular complexity index is 1380. The smallest absolute Gasteiger partial charge is 0.326 e. The molecule has 0 bridgehead atoms. The van der Waals surface area contributed by atoms with Crippen LogP contribution in [-0.4, -0.2) is 36.6 Å². The van der Waals surface area contributed by atoms with Crippen LogP contribution in [-0.2, 0) is 22.7 Å². The third-order valence-corrected chi connectivity index (χ3v) is 7.39. The van der Waals surface area contributed by atoms with Gasteiger partial charge in [0.1, 0.15) is 6.04 Å². The largest absolute Gasteiger partial charge is 0.480 e. The minimum atomic E-state index is -1.06. The Morgan fingerprint density at radius 1 is 0.921 bits per heavy atom. The number of carbonyl (C=O) groups excluding carboxylic acids is 1. The van der Waals surface area contributed by atoms with E-state index >= 15 is 0 Å². The molecule has 0 fully saturated rings. The Kier molecular flexibility index (Phi) is 9.43. The molecular formula is C31H32N2O4S. The van der Waals surface area contributed by atoms with E-state index in [0.29, 0.717) is 25.3 Å². The summed E-state index contributed by atoms with van der Waals surface area (Å²) in [7, 11) is 1.75. The zero-order chi connectivity index (χ0) is 26.9. The number of carboxylic acid groups (broad SMARTS) is 1. The Morgan fingerprint density at radius 3 is 2.42 bits per heavy atom. The molecule has 7 heteroatoms. The van der Waals surface area contributed by atoms with Gasteiger partial charge in [0.25, 0.3) is 5.91 Å². The SMILES string of the molecule is CNCCC(NC(=O)c1ccc(COCc2ccc(-c3ccccc3)s2)cc1-c1ccccc1C)C(=O)O. The highest BCUT2D eigenvalue weighted by atomic mass is 32.1. The summed E-state index contributed by atoms with van der Waals surface area (Å²) >= 11 is 1.71. The van der Waals surface area contributed by atoms with Crippen molar-refractivity contribution >= 4 is 23.2 Å². The molecule has 3 aromatic carbocycles. The van der Waals surface area contributed by atoms with E-state index in [1.165, 1.54) is 10.4 Å². The molecule has 0 radical (unpaired) electrons. The second kappa shape index (κ2) is 13.1. The number of carboxylic acids is 1. The predicted octanol–water partition coefficient (Wildman–Crippen LogP) is 5.90. The van der Waals surface area contributed by atoms with E-state index in [2.05, 4.69) is 34.9 Å². The van der Waals surface area contributed by atoms with Crippen molar-refractivity contribution in [3.63, 3.8) is 0 Å². The van der Waals surface area contributed by atoms with Crippen LogP contribution < -0.4 is 10.6 Å². The van der Waals surface area contributed by atoms with Crippen LogP contribution in [0.4, 0.5) is 0 Å². The summed E-state index contributed by atoms with van der Waals surface area (Å²) in [6, 6.07) is 26.9. The van der Waals surface area contributed by atoms with E-state index in [1.807, 2.05) is 61.5 Å². The van der Waals surface area contributed by atoms with Gasteiger partial charge >= 0.3 is 5.97 Å². The molecule has 0 aliphatic rings. The van der Waals surface area contributed by atoms with Gasteiger partial charge in [0.2, 0.25) is 0 Å². The molecule has 4 aromatic rings. The molecule has 0 spiro atoms. The number of hydrogen-bond donors (Lipinski definition) is 3. The Balaban J connectivity index is 1.51. The number of ether oxygens (including phenoxy) is 1. The molecule has 4 rings (SSSR count). The van der Waals surface area contributed by atoms with Crippen molar-refractivity contribution in [2.45, 2.75) is 32.6 Å². The third kappa shape index (κ3) is 6.95. The number of thiophene rings is 1. The van der Waals surface area contributed by atoms with Crippen molar-refractivity contribution in [2.24, 2.45) is 0 Å². The molecule has 0 saturated heterocycles. The van der Waals surface area contributed by atoms with Gasteiger partial charge in [-0.05, 0) is 79.0 Å². The lowest BCUT2D eigenvalue weighted by Gasteiger charge is -2.18. The van der Waals surface area contributed by atoms with Crippen molar-refractivity contribution in [1.29, 1.82) is 0 Å². The topological polar surface area (TPSA) is 87.7 Å². The van der Waals surface area contributed by atoms with Crippen molar-refractivity contribution in [3.05, 3.63) is 106 Å². The fourth-order valence-electron chi connectivity index (χ4n) is 4.24. The highest BCUT2D eigenvalue weighted by Gasteiger charge is 2.22. The lowest BCUT2D eigenvalue weighted by atomic mass is 9.93. The van der Waals surface area contributed by atoms with Gasteiger partial charge in [0.15, 0.2) is 0 Å². The van der Waals surface area contributed by atoms with Crippen LogP contribution in [0.2, 0.25) is 0 Å². The molecule has 3 N–H and O–H groups in total. The number of rotatable bonds is 12.